The number of carbonyl (C=O) groups is 2. The monoisotopic (exact) mass is 532 g/mol. The second kappa shape index (κ2) is 7.81. The summed E-state index contributed by atoms with van der Waals surface area (Å²) in [6, 6.07) is 13.2. The van der Waals surface area contributed by atoms with Crippen LogP contribution in [0.5, 0.6) is 5.75 Å². The number of rotatable bonds is 5. The number of imide groups is 1. The number of fused-ring (bicyclic) bond motifs is 5. The Hall–Kier alpha value is -2.19. The predicted octanol–water partition coefficient (Wildman–Crippen LogP) is 4.66. The normalized spacial score (nSPS) is 26.8. The van der Waals surface area contributed by atoms with Crippen LogP contribution in [0, 0.1) is 27.2 Å². The highest BCUT2D eigenvalue weighted by atomic mass is 127. The van der Waals surface area contributed by atoms with E-state index in [1.165, 1.54) is 0 Å². The topological polar surface area (TPSA) is 59.0 Å². The lowest BCUT2D eigenvalue weighted by Gasteiger charge is -2.13. The Bertz CT molecular complexity index is 1070. The smallest absolute Gasteiger partial charge is 0.254 e. The molecule has 152 valence electrons. The number of amides is 2. The van der Waals surface area contributed by atoms with Gasteiger partial charge in [0.25, 0.3) is 11.8 Å². The fraction of sp³-hybridized carbons (Fsp3) is 0.261. The van der Waals surface area contributed by atoms with Gasteiger partial charge in [0.05, 0.1) is 21.6 Å². The molecule has 0 unspecified atom stereocenters. The van der Waals surface area contributed by atoms with Crippen LogP contribution in [-0.2, 0) is 16.2 Å². The summed E-state index contributed by atoms with van der Waals surface area (Å²) >= 11 is 8.37. The van der Waals surface area contributed by atoms with Crippen LogP contribution < -0.4 is 4.74 Å². The highest BCUT2D eigenvalue weighted by Gasteiger charge is 2.59. The van der Waals surface area contributed by atoms with Gasteiger partial charge in [-0.15, -0.1) is 0 Å². The SMILES string of the molecule is O=C1[C@@H]2[C@H](C(=O)N1N=Cc1ccc(OCc3ccccc3Cl)c(I)c1)[C@H]1C=C[C@H]2C1. The first-order chi connectivity index (χ1) is 14.5. The molecule has 2 bridgehead atoms. The lowest BCUT2D eigenvalue weighted by Crippen LogP contribution is -2.28. The summed E-state index contributed by atoms with van der Waals surface area (Å²) < 4.78 is 6.79. The summed E-state index contributed by atoms with van der Waals surface area (Å²) in [6.07, 6.45) is 6.63. The van der Waals surface area contributed by atoms with Crippen LogP contribution in [0.15, 0.2) is 59.7 Å². The van der Waals surface area contributed by atoms with E-state index in [0.717, 1.165) is 31.9 Å². The number of hydrazone groups is 1. The van der Waals surface area contributed by atoms with Crippen molar-refractivity contribution < 1.29 is 14.3 Å². The number of nitrogens with zero attached hydrogens (tertiary/aromatic N) is 2. The van der Waals surface area contributed by atoms with Crippen molar-refractivity contribution in [1.29, 1.82) is 0 Å². The summed E-state index contributed by atoms with van der Waals surface area (Å²) in [6.45, 7) is 0.374. The average molecular weight is 533 g/mol. The Kier molecular flexibility index (Phi) is 5.14. The molecule has 1 heterocycles. The molecule has 1 aliphatic heterocycles. The first-order valence-corrected chi connectivity index (χ1v) is 11.2. The van der Waals surface area contributed by atoms with Gasteiger partial charge < -0.3 is 4.74 Å². The minimum atomic E-state index is -0.231. The minimum absolute atomic E-state index is 0.174. The second-order valence-corrected chi connectivity index (χ2v) is 9.37. The van der Waals surface area contributed by atoms with Crippen molar-refractivity contribution in [2.45, 2.75) is 13.0 Å². The van der Waals surface area contributed by atoms with Crippen molar-refractivity contribution in [2.75, 3.05) is 0 Å². The highest BCUT2D eigenvalue weighted by Crippen LogP contribution is 2.52. The van der Waals surface area contributed by atoms with Crippen LogP contribution >= 0.6 is 34.2 Å². The Labute approximate surface area is 192 Å². The molecule has 5 rings (SSSR count). The lowest BCUT2D eigenvalue weighted by molar-refractivity contribution is -0.140. The van der Waals surface area contributed by atoms with E-state index in [2.05, 4.69) is 39.8 Å². The number of ether oxygens (including phenoxy) is 1. The molecule has 2 aliphatic carbocycles. The molecule has 0 N–H and O–H groups in total. The quantitative estimate of drug-likeness (QED) is 0.244. The maximum atomic E-state index is 12.7. The first-order valence-electron chi connectivity index (χ1n) is 9.79. The van der Waals surface area contributed by atoms with E-state index in [0.29, 0.717) is 11.6 Å². The van der Waals surface area contributed by atoms with Crippen LogP contribution in [0.25, 0.3) is 0 Å². The van der Waals surface area contributed by atoms with E-state index in [1.807, 2.05) is 42.5 Å². The number of halogens is 2. The van der Waals surface area contributed by atoms with Crippen molar-refractivity contribution in [2.24, 2.45) is 28.8 Å². The minimum Gasteiger partial charge on any atom is -0.488 e. The summed E-state index contributed by atoms with van der Waals surface area (Å²) in [5.74, 6) is 0.299. The molecule has 2 aromatic carbocycles. The molecule has 30 heavy (non-hydrogen) atoms. The van der Waals surface area contributed by atoms with Crippen molar-refractivity contribution in [3.63, 3.8) is 0 Å². The van der Waals surface area contributed by atoms with Crippen LogP contribution in [0.2, 0.25) is 5.02 Å². The zero-order chi connectivity index (χ0) is 20.8. The molecule has 7 heteroatoms. The molecular formula is C23H18ClIN2O3. The fourth-order valence-electron chi connectivity index (χ4n) is 4.61. The summed E-state index contributed by atoms with van der Waals surface area (Å²) in [4.78, 5) is 25.4. The number of benzene rings is 2. The Balaban J connectivity index is 1.27. The molecule has 2 aromatic rings. The maximum Gasteiger partial charge on any atom is 0.254 e. The predicted molar refractivity (Wildman–Crippen MR) is 122 cm³/mol. The molecule has 2 fully saturated rings. The van der Waals surface area contributed by atoms with Crippen LogP contribution in [0.1, 0.15) is 17.5 Å². The molecule has 2 amide bonds. The maximum absolute atomic E-state index is 12.7. The van der Waals surface area contributed by atoms with Gasteiger partial charge in [0.2, 0.25) is 0 Å². The molecule has 0 radical (unpaired) electrons. The Morgan fingerprint density at radius 2 is 1.80 bits per heavy atom. The van der Waals surface area contributed by atoms with Gasteiger partial charge in [-0.3, -0.25) is 9.59 Å². The van der Waals surface area contributed by atoms with E-state index in [9.17, 15) is 9.59 Å². The lowest BCUT2D eigenvalue weighted by atomic mass is 9.85. The van der Waals surface area contributed by atoms with Gasteiger partial charge in [-0.2, -0.15) is 10.1 Å². The van der Waals surface area contributed by atoms with Gasteiger partial charge in [-0.05, 0) is 70.7 Å². The van der Waals surface area contributed by atoms with E-state index in [-0.39, 0.29) is 35.5 Å². The van der Waals surface area contributed by atoms with Gasteiger partial charge in [-0.25, -0.2) is 0 Å². The summed E-state index contributed by atoms with van der Waals surface area (Å²) in [5.41, 5.74) is 1.71. The number of hydrogen-bond acceptors (Lipinski definition) is 4. The van der Waals surface area contributed by atoms with Crippen molar-refractivity contribution in [3.05, 3.63) is 74.3 Å². The largest absolute Gasteiger partial charge is 0.488 e. The molecule has 3 aliphatic rings. The van der Waals surface area contributed by atoms with Gasteiger partial charge in [0, 0.05) is 10.6 Å². The van der Waals surface area contributed by atoms with Gasteiger partial charge in [0.1, 0.15) is 12.4 Å². The van der Waals surface area contributed by atoms with Gasteiger partial charge in [-0.1, -0.05) is 42.0 Å². The second-order valence-electron chi connectivity index (χ2n) is 7.80. The summed E-state index contributed by atoms with van der Waals surface area (Å²) in [5, 5.41) is 5.97. The molecule has 4 atom stereocenters. The van der Waals surface area contributed by atoms with E-state index in [1.54, 1.807) is 6.21 Å². The van der Waals surface area contributed by atoms with Crippen molar-refractivity contribution in [1.82, 2.24) is 5.01 Å². The molecule has 1 saturated heterocycles. The standard InChI is InChI=1S/C23H18ClIN2O3/c24-17-4-2-1-3-16(17)12-30-19-8-5-13(9-18(19)25)11-26-27-22(28)20-14-6-7-15(10-14)21(20)23(27)29/h1-9,11,14-15,20-21H,10,12H2/t14-,15-,20-,21+/m0/s1. The number of allylic oxidation sites excluding steroid dienone is 2. The van der Waals surface area contributed by atoms with Crippen molar-refractivity contribution in [3.8, 4) is 5.75 Å². The van der Waals surface area contributed by atoms with Crippen LogP contribution in [0.4, 0.5) is 0 Å². The third-order valence-electron chi connectivity index (χ3n) is 6.07. The van der Waals surface area contributed by atoms with Gasteiger partial charge >= 0.3 is 0 Å². The Morgan fingerprint density at radius 1 is 1.10 bits per heavy atom. The van der Waals surface area contributed by atoms with E-state index < -0.39 is 0 Å². The van der Waals surface area contributed by atoms with E-state index in [4.69, 9.17) is 16.3 Å². The third-order valence-corrected chi connectivity index (χ3v) is 7.28. The molecule has 5 nitrogen and oxygen atoms in total. The first kappa shape index (κ1) is 19.8. The average Bonchev–Trinajstić information content (AvgIpc) is 3.41. The zero-order valence-electron chi connectivity index (χ0n) is 15.9. The van der Waals surface area contributed by atoms with Crippen LogP contribution in [0.3, 0.4) is 0 Å². The Morgan fingerprint density at radius 3 is 2.47 bits per heavy atom. The zero-order valence-corrected chi connectivity index (χ0v) is 18.8. The number of carbonyl (C=O) groups excluding carboxylic acids is 2. The molecular weight excluding hydrogens is 515 g/mol. The van der Waals surface area contributed by atoms with Crippen LogP contribution in [-0.4, -0.2) is 23.0 Å². The number of hydrogen-bond donors (Lipinski definition) is 0. The fourth-order valence-corrected chi connectivity index (χ4v) is 5.50. The highest BCUT2D eigenvalue weighted by molar-refractivity contribution is 14.1. The molecule has 1 saturated carbocycles. The van der Waals surface area contributed by atoms with Crippen molar-refractivity contribution >= 4 is 52.2 Å². The third kappa shape index (κ3) is 3.36. The molecule has 0 aromatic heterocycles. The van der Waals surface area contributed by atoms with E-state index >= 15 is 0 Å². The van der Waals surface area contributed by atoms with Gasteiger partial charge in [0.15, 0.2) is 0 Å². The summed E-state index contributed by atoms with van der Waals surface area (Å²) in [7, 11) is 0. The molecule has 0 spiro atoms.